The minimum Gasteiger partial charge on any atom is -0.481 e. The van der Waals surface area contributed by atoms with Crippen LogP contribution in [0, 0.1) is 0 Å². The molecule has 0 aliphatic heterocycles. The van der Waals surface area contributed by atoms with Crippen molar-refractivity contribution in [2.24, 2.45) is 0 Å². The maximum absolute atomic E-state index is 12.1. The Morgan fingerprint density at radius 2 is 1.15 bits per heavy atom. The smallest absolute Gasteiger partial charge is 0.322 e. The lowest BCUT2D eigenvalue weighted by Crippen LogP contribution is -2.42. The van der Waals surface area contributed by atoms with Gasteiger partial charge in [0.15, 0.2) is 0 Å². The van der Waals surface area contributed by atoms with Crippen LogP contribution in [0.1, 0.15) is 19.3 Å². The fraction of sp³-hybridized carbons (Fsp3) is 0.727. The number of hydrogen-bond acceptors (Lipinski definition) is 11. The highest BCUT2D eigenvalue weighted by molar-refractivity contribution is 8.00. The largest absolute Gasteiger partial charge is 0.481 e. The molecule has 0 aromatic heterocycles. The third kappa shape index (κ3) is 25.1. The number of amides is 3. The Kier molecular flexibility index (Phi) is 22.2. The number of carboxylic acid groups (broad SMARTS) is 3. The Morgan fingerprint density at radius 1 is 0.590 bits per heavy atom. The Morgan fingerprint density at radius 3 is 1.69 bits per heavy atom. The molecule has 0 radical (unpaired) electrons. The summed E-state index contributed by atoms with van der Waals surface area (Å²) in [6.45, 7) is 1.59. The number of ether oxygens (including phenoxy) is 4. The van der Waals surface area contributed by atoms with Gasteiger partial charge in [0.25, 0.3) is 0 Å². The van der Waals surface area contributed by atoms with Crippen LogP contribution in [0.25, 0.3) is 0 Å². The van der Waals surface area contributed by atoms with Crippen LogP contribution in [0.4, 0.5) is 0 Å². The van der Waals surface area contributed by atoms with E-state index in [-0.39, 0.29) is 58.1 Å². The first-order chi connectivity index (χ1) is 18.6. The van der Waals surface area contributed by atoms with Gasteiger partial charge in [0.2, 0.25) is 17.7 Å². The monoisotopic (exact) mass is 583 g/mol. The van der Waals surface area contributed by atoms with E-state index in [2.05, 4.69) is 16.0 Å². The quantitative estimate of drug-likeness (QED) is 0.0600. The molecule has 17 heteroatoms. The number of carbonyl (C=O) groups is 6. The summed E-state index contributed by atoms with van der Waals surface area (Å²) in [4.78, 5) is 67.0. The van der Waals surface area contributed by atoms with Crippen molar-refractivity contribution in [1.29, 1.82) is 0 Å². The second-order valence-corrected chi connectivity index (χ2v) is 8.85. The van der Waals surface area contributed by atoms with E-state index in [1.54, 1.807) is 0 Å². The highest BCUT2D eigenvalue weighted by Gasteiger charge is 2.22. The van der Waals surface area contributed by atoms with Crippen molar-refractivity contribution < 1.29 is 63.0 Å². The summed E-state index contributed by atoms with van der Waals surface area (Å²) in [6.07, 6.45) is -0.649. The average Bonchev–Trinajstić information content (AvgIpc) is 2.87. The molecule has 0 aromatic rings. The molecule has 0 spiro atoms. The fourth-order valence-electron chi connectivity index (χ4n) is 2.47. The highest BCUT2D eigenvalue weighted by Crippen LogP contribution is 2.16. The van der Waals surface area contributed by atoms with E-state index in [0.29, 0.717) is 26.4 Å². The molecule has 1 atom stereocenters. The van der Waals surface area contributed by atoms with E-state index in [0.717, 1.165) is 11.8 Å². The second kappa shape index (κ2) is 24.1. The van der Waals surface area contributed by atoms with Gasteiger partial charge in [0.1, 0.15) is 6.54 Å². The molecular formula is C22H37N3O13S. The van der Waals surface area contributed by atoms with Gasteiger partial charge in [-0.3, -0.25) is 28.8 Å². The summed E-state index contributed by atoms with van der Waals surface area (Å²) in [5.74, 6) is -4.87. The SMILES string of the molecule is O=C(O)CCSC(CC(=O)O)C(=O)NCC(=O)NCCOCCOCCOCCOCCC(=O)NCC(=O)O. The Bertz CT molecular complexity index is 769. The molecule has 0 saturated carbocycles. The molecule has 1 unspecified atom stereocenters. The molecule has 16 nitrogen and oxygen atoms in total. The number of carboxylic acids is 3. The zero-order valence-corrected chi connectivity index (χ0v) is 22.3. The Balaban J connectivity index is 3.61. The lowest BCUT2D eigenvalue weighted by atomic mass is 10.3. The van der Waals surface area contributed by atoms with Gasteiger partial charge in [-0.15, -0.1) is 11.8 Å². The summed E-state index contributed by atoms with van der Waals surface area (Å²) < 4.78 is 21.1. The zero-order chi connectivity index (χ0) is 29.3. The lowest BCUT2D eigenvalue weighted by Gasteiger charge is -2.14. The third-order valence-electron chi connectivity index (χ3n) is 4.31. The summed E-state index contributed by atoms with van der Waals surface area (Å²) in [5, 5.41) is 32.1. The van der Waals surface area contributed by atoms with Crippen LogP contribution in [-0.4, -0.2) is 134 Å². The van der Waals surface area contributed by atoms with Crippen LogP contribution < -0.4 is 16.0 Å². The first-order valence-corrected chi connectivity index (χ1v) is 13.1. The maximum Gasteiger partial charge on any atom is 0.322 e. The number of nitrogens with one attached hydrogen (secondary N) is 3. The van der Waals surface area contributed by atoms with Crippen LogP contribution in [0.3, 0.4) is 0 Å². The van der Waals surface area contributed by atoms with Gasteiger partial charge in [-0.25, -0.2) is 0 Å². The second-order valence-electron chi connectivity index (χ2n) is 7.54. The van der Waals surface area contributed by atoms with Crippen LogP contribution >= 0.6 is 11.8 Å². The van der Waals surface area contributed by atoms with Crippen LogP contribution in [0.15, 0.2) is 0 Å². The summed E-state index contributed by atoms with van der Waals surface area (Å²) >= 11 is 0.903. The van der Waals surface area contributed by atoms with E-state index in [1.807, 2.05) is 0 Å². The molecule has 224 valence electrons. The number of thioether (sulfide) groups is 1. The average molecular weight is 584 g/mol. The van der Waals surface area contributed by atoms with Crippen molar-refractivity contribution in [1.82, 2.24) is 16.0 Å². The van der Waals surface area contributed by atoms with Gasteiger partial charge < -0.3 is 50.2 Å². The van der Waals surface area contributed by atoms with E-state index in [9.17, 15) is 28.8 Å². The molecule has 0 aliphatic carbocycles. The number of aliphatic carboxylic acids is 3. The number of hydrogen-bond donors (Lipinski definition) is 6. The minimum atomic E-state index is -1.21. The van der Waals surface area contributed by atoms with Gasteiger partial charge in [-0.2, -0.15) is 0 Å². The first kappa shape index (κ1) is 36.0. The molecule has 0 fully saturated rings. The Labute approximate surface area is 229 Å². The van der Waals surface area contributed by atoms with Crippen molar-refractivity contribution in [2.75, 3.05) is 78.2 Å². The molecule has 0 bridgehead atoms. The fourth-order valence-corrected chi connectivity index (χ4v) is 3.54. The zero-order valence-electron chi connectivity index (χ0n) is 21.5. The molecule has 0 rings (SSSR count). The molecule has 0 aromatic carbocycles. The first-order valence-electron chi connectivity index (χ1n) is 12.0. The topological polar surface area (TPSA) is 236 Å². The van der Waals surface area contributed by atoms with Crippen LogP contribution in [-0.2, 0) is 47.7 Å². The Hall–Kier alpha value is -2.99. The van der Waals surface area contributed by atoms with Gasteiger partial charge in [-0.1, -0.05) is 0 Å². The predicted octanol–water partition coefficient (Wildman–Crippen LogP) is -2.07. The van der Waals surface area contributed by atoms with Crippen LogP contribution in [0.2, 0.25) is 0 Å². The van der Waals surface area contributed by atoms with Crippen molar-refractivity contribution in [2.45, 2.75) is 24.5 Å². The standard InChI is InChI=1S/C22H37N3O13S/c26-17(24-15-21(32)33)1-4-35-6-8-37-10-11-38-9-7-36-5-3-23-18(27)14-25-22(34)16(13-20(30)31)39-12-2-19(28)29/h16H,1-15H2,(H,23,27)(H,24,26)(H,25,34)(H,28,29)(H,30,31)(H,32,33). The molecule has 39 heavy (non-hydrogen) atoms. The summed E-state index contributed by atoms with van der Waals surface area (Å²) in [6, 6.07) is 0. The molecule has 0 heterocycles. The maximum atomic E-state index is 12.1. The van der Waals surface area contributed by atoms with Crippen molar-refractivity contribution >= 4 is 47.4 Å². The van der Waals surface area contributed by atoms with Gasteiger partial charge in [-0.05, 0) is 0 Å². The molecule has 0 saturated heterocycles. The highest BCUT2D eigenvalue weighted by atomic mass is 32.2. The summed E-state index contributed by atoms with van der Waals surface area (Å²) in [7, 11) is 0. The van der Waals surface area contributed by atoms with E-state index in [1.165, 1.54) is 0 Å². The normalized spacial score (nSPS) is 11.4. The van der Waals surface area contributed by atoms with E-state index < -0.39 is 53.8 Å². The van der Waals surface area contributed by atoms with E-state index >= 15 is 0 Å². The minimum absolute atomic E-state index is 0.0580. The third-order valence-corrected chi connectivity index (χ3v) is 5.53. The van der Waals surface area contributed by atoms with Crippen molar-refractivity contribution in [3.63, 3.8) is 0 Å². The lowest BCUT2D eigenvalue weighted by molar-refractivity contribution is -0.138. The van der Waals surface area contributed by atoms with Gasteiger partial charge in [0.05, 0.1) is 77.5 Å². The number of rotatable bonds is 26. The molecule has 3 amide bonds. The molecule has 6 N–H and O–H groups in total. The van der Waals surface area contributed by atoms with Crippen molar-refractivity contribution in [3.05, 3.63) is 0 Å². The van der Waals surface area contributed by atoms with Crippen LogP contribution in [0.5, 0.6) is 0 Å². The number of carbonyl (C=O) groups excluding carboxylic acids is 3. The van der Waals surface area contributed by atoms with Crippen molar-refractivity contribution in [3.8, 4) is 0 Å². The summed E-state index contributed by atoms with van der Waals surface area (Å²) in [5.41, 5.74) is 0. The molecular weight excluding hydrogens is 546 g/mol. The molecule has 0 aliphatic rings. The van der Waals surface area contributed by atoms with Gasteiger partial charge >= 0.3 is 17.9 Å². The van der Waals surface area contributed by atoms with Gasteiger partial charge in [0, 0.05) is 18.7 Å². The van der Waals surface area contributed by atoms with E-state index in [4.69, 9.17) is 34.3 Å². The predicted molar refractivity (Wildman–Crippen MR) is 135 cm³/mol.